The number of halogens is 2. The molecule has 2 amide bonds. The van der Waals surface area contributed by atoms with Crippen molar-refractivity contribution in [3.63, 3.8) is 0 Å². The van der Waals surface area contributed by atoms with E-state index in [1.165, 1.54) is 11.0 Å². The molecule has 0 aromatic heterocycles. The average Bonchev–Trinajstić information content (AvgIpc) is 2.77. The van der Waals surface area contributed by atoms with E-state index in [2.05, 4.69) is 37.2 Å². The molecule has 160 valence electrons. The van der Waals surface area contributed by atoms with Crippen LogP contribution in [-0.2, 0) is 16.2 Å². The first-order valence-electron chi connectivity index (χ1n) is 9.56. The number of anilines is 1. The van der Waals surface area contributed by atoms with Gasteiger partial charge in [-0.05, 0) is 64.1 Å². The standard InChI is InChI=1S/C24H16Br2N2O3S/c25-17-11-16(21(20(26)13-17)31-14-15-7-3-1-4-8-15)12-19-22(29)27-24(32)28(23(19)30)18-9-5-2-6-10-18/h1-13H,14H2,(H,27,29,32)/b19-12+. The normalized spacial score (nSPS) is 15.1. The minimum atomic E-state index is -0.558. The van der Waals surface area contributed by atoms with Gasteiger partial charge in [-0.1, -0.05) is 64.5 Å². The van der Waals surface area contributed by atoms with Gasteiger partial charge in [-0.3, -0.25) is 19.8 Å². The number of carbonyl (C=O) groups is 2. The molecule has 3 aromatic carbocycles. The minimum absolute atomic E-state index is 0.0410. The lowest BCUT2D eigenvalue weighted by atomic mass is 10.1. The van der Waals surface area contributed by atoms with Crippen molar-refractivity contribution in [3.8, 4) is 5.75 Å². The lowest BCUT2D eigenvalue weighted by Gasteiger charge is -2.29. The van der Waals surface area contributed by atoms with Crippen molar-refractivity contribution < 1.29 is 14.3 Å². The van der Waals surface area contributed by atoms with E-state index in [9.17, 15) is 9.59 Å². The first-order chi connectivity index (χ1) is 15.4. The van der Waals surface area contributed by atoms with Gasteiger partial charge in [0.25, 0.3) is 11.8 Å². The minimum Gasteiger partial charge on any atom is -0.487 e. The maximum Gasteiger partial charge on any atom is 0.270 e. The highest BCUT2D eigenvalue weighted by molar-refractivity contribution is 9.11. The second-order valence-electron chi connectivity index (χ2n) is 6.87. The Bertz CT molecular complexity index is 1230. The number of para-hydroxylation sites is 1. The lowest BCUT2D eigenvalue weighted by molar-refractivity contribution is -0.122. The topological polar surface area (TPSA) is 58.6 Å². The Morgan fingerprint density at radius 2 is 1.62 bits per heavy atom. The van der Waals surface area contributed by atoms with E-state index in [0.717, 1.165) is 10.0 Å². The molecular weight excluding hydrogens is 556 g/mol. The summed E-state index contributed by atoms with van der Waals surface area (Å²) < 4.78 is 7.51. The molecule has 0 unspecified atom stereocenters. The van der Waals surface area contributed by atoms with E-state index >= 15 is 0 Å². The number of nitrogens with zero attached hydrogens (tertiary/aromatic N) is 1. The number of ether oxygens (including phenoxy) is 1. The van der Waals surface area contributed by atoms with Gasteiger partial charge in [0.2, 0.25) is 0 Å². The Morgan fingerprint density at radius 3 is 2.31 bits per heavy atom. The van der Waals surface area contributed by atoms with E-state index in [0.29, 0.717) is 28.1 Å². The molecule has 0 bridgehead atoms. The first kappa shape index (κ1) is 22.4. The Labute approximate surface area is 207 Å². The highest BCUT2D eigenvalue weighted by Gasteiger charge is 2.34. The van der Waals surface area contributed by atoms with Gasteiger partial charge < -0.3 is 4.74 Å². The largest absolute Gasteiger partial charge is 0.487 e. The lowest BCUT2D eigenvalue weighted by Crippen LogP contribution is -2.54. The van der Waals surface area contributed by atoms with Crippen molar-refractivity contribution >= 4 is 72.8 Å². The number of hydrogen-bond donors (Lipinski definition) is 1. The van der Waals surface area contributed by atoms with Crippen molar-refractivity contribution in [1.29, 1.82) is 0 Å². The van der Waals surface area contributed by atoms with E-state index in [1.54, 1.807) is 30.3 Å². The fourth-order valence-electron chi connectivity index (χ4n) is 3.19. The van der Waals surface area contributed by atoms with Crippen LogP contribution in [0.4, 0.5) is 5.69 Å². The summed E-state index contributed by atoms with van der Waals surface area (Å²) in [6.07, 6.45) is 1.52. The molecule has 0 aliphatic carbocycles. The first-order valence-corrected chi connectivity index (χ1v) is 11.6. The highest BCUT2D eigenvalue weighted by Crippen LogP contribution is 2.35. The summed E-state index contributed by atoms with van der Waals surface area (Å²) in [5.41, 5.74) is 2.09. The van der Waals surface area contributed by atoms with Crippen LogP contribution in [0.1, 0.15) is 11.1 Å². The highest BCUT2D eigenvalue weighted by atomic mass is 79.9. The summed E-state index contributed by atoms with van der Waals surface area (Å²) in [5.74, 6) is -0.545. The fraction of sp³-hybridized carbons (Fsp3) is 0.0417. The van der Waals surface area contributed by atoms with E-state index in [4.69, 9.17) is 17.0 Å². The molecule has 4 rings (SSSR count). The molecule has 5 nitrogen and oxygen atoms in total. The molecule has 0 saturated carbocycles. The van der Waals surface area contributed by atoms with Crippen molar-refractivity contribution in [2.75, 3.05) is 4.90 Å². The van der Waals surface area contributed by atoms with Crippen molar-refractivity contribution in [2.24, 2.45) is 0 Å². The third kappa shape index (κ3) is 4.82. The Morgan fingerprint density at radius 1 is 0.969 bits per heavy atom. The van der Waals surface area contributed by atoms with Gasteiger partial charge in [-0.15, -0.1) is 0 Å². The molecule has 32 heavy (non-hydrogen) atoms. The summed E-state index contributed by atoms with van der Waals surface area (Å²) in [4.78, 5) is 27.2. The van der Waals surface area contributed by atoms with Crippen LogP contribution < -0.4 is 15.0 Å². The third-order valence-electron chi connectivity index (χ3n) is 4.68. The second kappa shape index (κ2) is 9.77. The van der Waals surface area contributed by atoms with Gasteiger partial charge in [0, 0.05) is 10.0 Å². The quantitative estimate of drug-likeness (QED) is 0.245. The maximum atomic E-state index is 13.3. The van der Waals surface area contributed by atoms with Crippen molar-refractivity contribution in [3.05, 3.63) is 98.4 Å². The monoisotopic (exact) mass is 570 g/mol. The van der Waals surface area contributed by atoms with Gasteiger partial charge in [0.15, 0.2) is 5.11 Å². The molecular formula is C24H16Br2N2O3S. The number of rotatable bonds is 5. The smallest absolute Gasteiger partial charge is 0.270 e. The molecule has 3 aromatic rings. The number of nitrogens with one attached hydrogen (secondary N) is 1. The van der Waals surface area contributed by atoms with Crippen LogP contribution in [0.5, 0.6) is 5.75 Å². The molecule has 1 heterocycles. The number of carbonyl (C=O) groups excluding carboxylic acids is 2. The summed E-state index contributed by atoms with van der Waals surface area (Å²) in [6, 6.07) is 22.3. The van der Waals surface area contributed by atoms with Crippen molar-refractivity contribution in [2.45, 2.75) is 6.61 Å². The van der Waals surface area contributed by atoms with Crippen molar-refractivity contribution in [1.82, 2.24) is 5.32 Å². The zero-order valence-corrected chi connectivity index (χ0v) is 20.5. The summed E-state index contributed by atoms with van der Waals surface area (Å²) >= 11 is 12.2. The van der Waals surface area contributed by atoms with Crippen LogP contribution in [0.2, 0.25) is 0 Å². The molecule has 1 aliphatic heterocycles. The number of thiocarbonyl (C=S) groups is 1. The van der Waals surface area contributed by atoms with E-state index in [1.807, 2.05) is 42.5 Å². The Kier molecular flexibility index (Phi) is 6.83. The van der Waals surface area contributed by atoms with E-state index < -0.39 is 11.8 Å². The van der Waals surface area contributed by atoms with Crippen LogP contribution in [-0.4, -0.2) is 16.9 Å². The van der Waals surface area contributed by atoms with Gasteiger partial charge in [0.05, 0.1) is 10.2 Å². The second-order valence-corrected chi connectivity index (χ2v) is 9.03. The SMILES string of the molecule is O=C1NC(=S)N(c2ccccc2)C(=O)/C1=C/c1cc(Br)cc(Br)c1OCc1ccccc1. The van der Waals surface area contributed by atoms with Gasteiger partial charge in [0.1, 0.15) is 17.9 Å². The average molecular weight is 572 g/mol. The molecule has 1 saturated heterocycles. The third-order valence-corrected chi connectivity index (χ3v) is 6.01. The Balaban J connectivity index is 1.72. The number of hydrogen-bond acceptors (Lipinski definition) is 4. The molecule has 8 heteroatoms. The summed E-state index contributed by atoms with van der Waals surface area (Å²) in [5, 5.41) is 2.64. The van der Waals surface area contributed by atoms with Crippen LogP contribution in [0, 0.1) is 0 Å². The molecule has 1 N–H and O–H groups in total. The molecule has 1 fully saturated rings. The van der Waals surface area contributed by atoms with Gasteiger partial charge in [-0.25, -0.2) is 0 Å². The predicted molar refractivity (Wildman–Crippen MR) is 135 cm³/mol. The van der Waals surface area contributed by atoms with Crippen LogP contribution in [0.3, 0.4) is 0 Å². The molecule has 1 aliphatic rings. The van der Waals surface area contributed by atoms with E-state index in [-0.39, 0.29) is 10.7 Å². The Hall–Kier alpha value is -2.81. The predicted octanol–water partition coefficient (Wildman–Crippen LogP) is 5.62. The van der Waals surface area contributed by atoms with Gasteiger partial charge in [-0.2, -0.15) is 0 Å². The van der Waals surface area contributed by atoms with Gasteiger partial charge >= 0.3 is 0 Å². The molecule has 0 atom stereocenters. The number of benzene rings is 3. The molecule has 0 radical (unpaired) electrons. The zero-order chi connectivity index (χ0) is 22.7. The maximum absolute atomic E-state index is 13.3. The van der Waals surface area contributed by atoms with Crippen LogP contribution in [0.25, 0.3) is 6.08 Å². The summed E-state index contributed by atoms with van der Waals surface area (Å²) in [6.45, 7) is 0.331. The number of amides is 2. The summed E-state index contributed by atoms with van der Waals surface area (Å²) in [7, 11) is 0. The fourth-order valence-corrected chi connectivity index (χ4v) is 4.85. The van der Waals surface area contributed by atoms with Crippen LogP contribution in [0.15, 0.2) is 87.3 Å². The molecule has 0 spiro atoms. The van der Waals surface area contributed by atoms with Crippen LogP contribution >= 0.6 is 44.1 Å². The zero-order valence-electron chi connectivity index (χ0n) is 16.5.